The van der Waals surface area contributed by atoms with E-state index in [4.69, 9.17) is 0 Å². The van der Waals surface area contributed by atoms with E-state index in [0.29, 0.717) is 12.0 Å². The quantitative estimate of drug-likeness (QED) is 0.362. The van der Waals surface area contributed by atoms with E-state index in [9.17, 15) is 28.7 Å². The molecule has 1 heterocycles. The number of nitriles is 1. The Morgan fingerprint density at radius 3 is 2.39 bits per heavy atom. The second-order valence-corrected chi connectivity index (χ2v) is 17.7. The van der Waals surface area contributed by atoms with Crippen molar-refractivity contribution in [2.24, 2.45) is 50.2 Å². The van der Waals surface area contributed by atoms with Gasteiger partial charge in [0.15, 0.2) is 5.78 Å². The van der Waals surface area contributed by atoms with E-state index < -0.39 is 24.0 Å². The number of carbonyl (C=O) groups is 2. The van der Waals surface area contributed by atoms with E-state index in [0.717, 1.165) is 57.8 Å². The lowest BCUT2D eigenvalue weighted by Crippen LogP contribution is -2.64. The molecule has 1 amide bonds. The summed E-state index contributed by atoms with van der Waals surface area (Å²) in [5.74, 6) is -2.56. The van der Waals surface area contributed by atoms with Gasteiger partial charge in [0.05, 0.1) is 24.3 Å². The van der Waals surface area contributed by atoms with Crippen LogP contribution in [-0.4, -0.2) is 46.8 Å². The summed E-state index contributed by atoms with van der Waals surface area (Å²) in [6, 6.07) is 2.32. The Kier molecular flexibility index (Phi) is 6.44. The first kappa shape index (κ1) is 30.6. The molecule has 7 heteroatoms. The van der Waals surface area contributed by atoms with Crippen molar-refractivity contribution in [3.63, 3.8) is 0 Å². The molecule has 1 N–H and O–H groups in total. The average Bonchev–Trinajstić information content (AvgIpc) is 3.66. The van der Waals surface area contributed by atoms with E-state index in [1.54, 1.807) is 0 Å². The summed E-state index contributed by atoms with van der Waals surface area (Å²) >= 11 is 0. The molecule has 44 heavy (non-hydrogen) atoms. The number of likely N-dealkylation sites (tertiary alicyclic amines) is 1. The normalized spacial score (nSPS) is 46.1. The summed E-state index contributed by atoms with van der Waals surface area (Å²) in [6.07, 6.45) is 12.6. The lowest BCUT2D eigenvalue weighted by Gasteiger charge is -2.69. The number of aliphatic hydroxyl groups excluding tert-OH is 1. The highest BCUT2D eigenvalue weighted by atomic mass is 19.3. The predicted molar refractivity (Wildman–Crippen MR) is 163 cm³/mol. The molecule has 5 nitrogen and oxygen atoms in total. The molecule has 0 radical (unpaired) electrons. The molecule has 7 aliphatic rings. The number of halogens is 2. The van der Waals surface area contributed by atoms with Crippen molar-refractivity contribution in [3.05, 3.63) is 23.3 Å². The Labute approximate surface area is 261 Å². The van der Waals surface area contributed by atoms with E-state index in [1.807, 2.05) is 12.2 Å². The third-order valence-corrected chi connectivity index (χ3v) is 15.1. The van der Waals surface area contributed by atoms with Gasteiger partial charge in [0.2, 0.25) is 5.91 Å². The van der Waals surface area contributed by atoms with Crippen molar-refractivity contribution < 1.29 is 23.5 Å². The minimum atomic E-state index is -2.79. The summed E-state index contributed by atoms with van der Waals surface area (Å²) in [4.78, 5) is 29.2. The van der Waals surface area contributed by atoms with Gasteiger partial charge < -0.3 is 10.0 Å². The minimum Gasteiger partial charge on any atom is -0.387 e. The Bertz CT molecular complexity index is 1410. The molecule has 240 valence electrons. The second-order valence-electron chi connectivity index (χ2n) is 17.7. The van der Waals surface area contributed by atoms with Crippen LogP contribution in [0.25, 0.3) is 0 Å². The van der Waals surface area contributed by atoms with E-state index in [1.165, 1.54) is 10.5 Å². The molecule has 0 bridgehead atoms. The summed E-state index contributed by atoms with van der Waals surface area (Å²) in [5, 5.41) is 21.3. The fourth-order valence-corrected chi connectivity index (χ4v) is 12.2. The van der Waals surface area contributed by atoms with Crippen molar-refractivity contribution in [1.82, 2.24) is 4.90 Å². The summed E-state index contributed by atoms with van der Waals surface area (Å²) < 4.78 is 27.8. The minimum absolute atomic E-state index is 0.0878. The number of nitrogens with zero attached hydrogens (tertiary/aromatic N) is 2. The maximum atomic E-state index is 14.7. The number of allylic oxidation sites excluding steroid dienone is 3. The molecule has 1 saturated heterocycles. The molecular weight excluding hydrogens is 558 g/mol. The van der Waals surface area contributed by atoms with Crippen molar-refractivity contribution in [3.8, 4) is 6.07 Å². The maximum Gasteiger partial charge on any atom is 0.267 e. The molecule has 6 aliphatic carbocycles. The Morgan fingerprint density at radius 2 is 1.75 bits per heavy atom. The standard InChI is InChI=1S/C37H50F2N2O3/c1-31(2)10-12-35(9-7-28(43)41-17-16-37(38,39)22-41)13-11-34(5)29(24(35)20-31)25(42)18-27-32(3)19-23(21-40)30(44)36(14-15-36)26(32)6-8-33(27,34)4/h18-19,24,26,29-30,44H,6-17,20,22H2,1-5H3/t24-,26+,29-,30?,32-,33+,34+,35+/m0/s1. The highest BCUT2D eigenvalue weighted by Crippen LogP contribution is 2.77. The molecular formula is C37H50F2N2O3. The summed E-state index contributed by atoms with van der Waals surface area (Å²) in [7, 11) is 0. The lowest BCUT2D eigenvalue weighted by atomic mass is 9.34. The molecule has 5 fully saturated rings. The number of hydrogen-bond donors (Lipinski definition) is 1. The molecule has 7 rings (SSSR count). The molecule has 1 unspecified atom stereocenters. The van der Waals surface area contributed by atoms with Crippen molar-refractivity contribution in [1.29, 1.82) is 5.26 Å². The van der Waals surface area contributed by atoms with Crippen LogP contribution >= 0.6 is 0 Å². The number of ketones is 1. The predicted octanol–water partition coefficient (Wildman–Crippen LogP) is 7.40. The van der Waals surface area contributed by atoms with Crippen LogP contribution in [0, 0.1) is 61.6 Å². The number of carbonyl (C=O) groups excluding carboxylic acids is 2. The van der Waals surface area contributed by atoms with Crippen LogP contribution in [0.2, 0.25) is 0 Å². The first-order valence-corrected chi connectivity index (χ1v) is 17.2. The number of fused-ring (bicyclic) bond motifs is 8. The highest BCUT2D eigenvalue weighted by Gasteiger charge is 2.72. The van der Waals surface area contributed by atoms with Crippen LogP contribution in [0.3, 0.4) is 0 Å². The van der Waals surface area contributed by atoms with E-state index in [-0.39, 0.29) is 75.9 Å². The van der Waals surface area contributed by atoms with Crippen LogP contribution in [0.1, 0.15) is 112 Å². The van der Waals surface area contributed by atoms with Gasteiger partial charge in [0.1, 0.15) is 0 Å². The van der Waals surface area contributed by atoms with Crippen molar-refractivity contribution >= 4 is 11.7 Å². The zero-order valence-corrected chi connectivity index (χ0v) is 27.3. The number of hydrogen-bond acceptors (Lipinski definition) is 4. The second kappa shape index (κ2) is 9.26. The molecule has 0 aromatic carbocycles. The lowest BCUT2D eigenvalue weighted by molar-refractivity contribution is -0.173. The van der Waals surface area contributed by atoms with Crippen LogP contribution < -0.4 is 0 Å². The zero-order valence-electron chi connectivity index (χ0n) is 27.3. The van der Waals surface area contributed by atoms with Gasteiger partial charge in [-0.25, -0.2) is 8.78 Å². The summed E-state index contributed by atoms with van der Waals surface area (Å²) in [6.45, 7) is 11.2. The first-order valence-electron chi connectivity index (χ1n) is 17.2. The molecule has 1 aliphatic heterocycles. The number of amides is 1. The third-order valence-electron chi connectivity index (χ3n) is 15.1. The number of alkyl halides is 2. The third kappa shape index (κ3) is 4.00. The van der Waals surface area contributed by atoms with E-state index in [2.05, 4.69) is 40.7 Å². The highest BCUT2D eigenvalue weighted by molar-refractivity contribution is 5.95. The van der Waals surface area contributed by atoms with Crippen LogP contribution in [0.5, 0.6) is 0 Å². The zero-order chi connectivity index (χ0) is 31.7. The van der Waals surface area contributed by atoms with Gasteiger partial charge in [-0.2, -0.15) is 5.26 Å². The SMILES string of the molecule is CC1(C)CC[C@]2(CCC(=O)N3CCC(F)(F)C3)CC[C@]3(C)[C@H](C(=O)C=C4[C@@]5(C)C=C(C#N)C(O)C6(CC6)[C@@H]5CC[C@]43C)[C@@H]2C1. The fraction of sp³-hybridized carbons (Fsp3) is 0.811. The smallest absolute Gasteiger partial charge is 0.267 e. The van der Waals surface area contributed by atoms with Gasteiger partial charge in [-0.3, -0.25) is 9.59 Å². The van der Waals surface area contributed by atoms with Crippen LogP contribution in [0.4, 0.5) is 8.78 Å². The van der Waals surface area contributed by atoms with E-state index >= 15 is 0 Å². The average molecular weight is 609 g/mol. The Hall–Kier alpha value is -2.07. The largest absolute Gasteiger partial charge is 0.387 e. The number of aliphatic hydroxyl groups is 1. The molecule has 4 saturated carbocycles. The van der Waals surface area contributed by atoms with Gasteiger partial charge in [0, 0.05) is 36.1 Å². The Balaban J connectivity index is 1.26. The number of rotatable bonds is 3. The molecule has 0 aromatic rings. The Morgan fingerprint density at radius 1 is 1.05 bits per heavy atom. The van der Waals surface area contributed by atoms with Gasteiger partial charge in [-0.05, 0) is 104 Å². The fourth-order valence-electron chi connectivity index (χ4n) is 12.2. The monoisotopic (exact) mass is 608 g/mol. The van der Waals surface area contributed by atoms with Crippen molar-refractivity contribution in [2.75, 3.05) is 13.1 Å². The van der Waals surface area contributed by atoms with Crippen molar-refractivity contribution in [2.45, 2.75) is 124 Å². The topological polar surface area (TPSA) is 81.4 Å². The van der Waals surface area contributed by atoms with Crippen LogP contribution in [0.15, 0.2) is 23.3 Å². The van der Waals surface area contributed by atoms with Gasteiger partial charge in [-0.1, -0.05) is 46.3 Å². The van der Waals surface area contributed by atoms with Gasteiger partial charge in [-0.15, -0.1) is 0 Å². The van der Waals surface area contributed by atoms with Crippen LogP contribution in [-0.2, 0) is 9.59 Å². The molecule has 8 atom stereocenters. The van der Waals surface area contributed by atoms with Gasteiger partial charge in [0.25, 0.3) is 5.92 Å². The summed E-state index contributed by atoms with van der Waals surface area (Å²) in [5.41, 5.74) is 0.392. The molecule has 0 aromatic heterocycles. The first-order chi connectivity index (χ1) is 20.5. The maximum absolute atomic E-state index is 14.7. The van der Waals surface area contributed by atoms with Gasteiger partial charge >= 0.3 is 0 Å². The molecule has 1 spiro atoms.